The molecule has 2 aliphatic rings. The summed E-state index contributed by atoms with van der Waals surface area (Å²) < 4.78 is 23.4. The molecule has 0 unspecified atom stereocenters. The summed E-state index contributed by atoms with van der Waals surface area (Å²) >= 11 is 0. The molecule has 218 valence electrons. The standard InChI is InChI=1S/C32H39NO7Si/c1-12-17-37-31(36)33-25(14-3)27-19(4)29(38-20(5)34)30(39-21(6)35)23(13-2)28(27)24-18-22(15-16-26(24)33)40-41(10,11)32(7,8)9/h2-3,12,15-16,18-19,23,25,29-30H,1,17H2,4-11H3/t19-,23+,25+,29+,30-/m1/s1. The number of carbonyl (C=O) groups excluding carboxylic acids is 3. The van der Waals surface area contributed by atoms with Gasteiger partial charge in [0.2, 0.25) is 8.32 Å². The molecule has 41 heavy (non-hydrogen) atoms. The highest BCUT2D eigenvalue weighted by Gasteiger charge is 2.52. The average molecular weight is 578 g/mol. The number of carbonyl (C=O) groups is 3. The van der Waals surface area contributed by atoms with Gasteiger partial charge in [-0.1, -0.05) is 52.2 Å². The Bertz CT molecular complexity index is 1360. The van der Waals surface area contributed by atoms with Crippen molar-refractivity contribution in [2.75, 3.05) is 11.5 Å². The molecule has 5 atom stereocenters. The number of nitrogens with zero attached hydrogens (tertiary/aromatic N) is 1. The Morgan fingerprint density at radius 1 is 1.07 bits per heavy atom. The molecule has 1 aromatic rings. The van der Waals surface area contributed by atoms with Crippen molar-refractivity contribution in [2.45, 2.75) is 77.9 Å². The van der Waals surface area contributed by atoms with Crippen molar-refractivity contribution >= 4 is 37.6 Å². The Labute approximate surface area is 244 Å². The number of fused-ring (bicyclic) bond motifs is 2. The van der Waals surface area contributed by atoms with E-state index in [0.29, 0.717) is 28.1 Å². The highest BCUT2D eigenvalue weighted by Crippen LogP contribution is 2.52. The van der Waals surface area contributed by atoms with E-state index in [1.807, 2.05) is 13.0 Å². The minimum absolute atomic E-state index is 0.0203. The number of rotatable bonds is 6. The lowest BCUT2D eigenvalue weighted by Gasteiger charge is -2.47. The van der Waals surface area contributed by atoms with E-state index in [9.17, 15) is 14.4 Å². The molecular weight excluding hydrogens is 538 g/mol. The van der Waals surface area contributed by atoms with Crippen LogP contribution in [0.1, 0.15) is 47.1 Å². The van der Waals surface area contributed by atoms with Gasteiger partial charge in [-0.25, -0.2) is 4.79 Å². The van der Waals surface area contributed by atoms with Crippen molar-refractivity contribution in [1.29, 1.82) is 0 Å². The van der Waals surface area contributed by atoms with E-state index in [4.69, 9.17) is 31.5 Å². The van der Waals surface area contributed by atoms with Gasteiger partial charge in [0.25, 0.3) is 0 Å². The van der Waals surface area contributed by atoms with Gasteiger partial charge in [0.05, 0.1) is 11.6 Å². The molecule has 0 radical (unpaired) electrons. The molecule has 0 saturated carbocycles. The topological polar surface area (TPSA) is 91.4 Å². The number of amides is 1. The second kappa shape index (κ2) is 11.9. The van der Waals surface area contributed by atoms with Gasteiger partial charge in [-0.2, -0.15) is 0 Å². The van der Waals surface area contributed by atoms with Crippen LogP contribution in [-0.2, 0) is 23.8 Å². The first-order valence-electron chi connectivity index (χ1n) is 13.5. The van der Waals surface area contributed by atoms with Crippen LogP contribution in [0.4, 0.5) is 10.5 Å². The van der Waals surface area contributed by atoms with Gasteiger partial charge < -0.3 is 18.6 Å². The summed E-state index contributed by atoms with van der Waals surface area (Å²) in [6, 6.07) is 4.50. The first kappa shape index (κ1) is 31.6. The number of hydrogen-bond donors (Lipinski definition) is 0. The van der Waals surface area contributed by atoms with Gasteiger partial charge in [-0.3, -0.25) is 14.5 Å². The van der Waals surface area contributed by atoms with Crippen LogP contribution in [0.25, 0.3) is 5.57 Å². The fourth-order valence-corrected chi connectivity index (χ4v) is 6.15. The molecule has 8 nitrogen and oxygen atoms in total. The van der Waals surface area contributed by atoms with Crippen molar-refractivity contribution in [3.05, 3.63) is 42.0 Å². The van der Waals surface area contributed by atoms with Crippen molar-refractivity contribution in [3.8, 4) is 30.4 Å². The highest BCUT2D eigenvalue weighted by molar-refractivity contribution is 6.74. The van der Waals surface area contributed by atoms with Crippen LogP contribution in [0, 0.1) is 36.5 Å². The first-order valence-corrected chi connectivity index (χ1v) is 16.4. The first-order chi connectivity index (χ1) is 19.1. The van der Waals surface area contributed by atoms with E-state index in [1.165, 1.54) is 24.8 Å². The van der Waals surface area contributed by atoms with Gasteiger partial charge in [-0.15, -0.1) is 12.8 Å². The van der Waals surface area contributed by atoms with Crippen molar-refractivity contribution in [2.24, 2.45) is 11.8 Å². The number of benzene rings is 1. The summed E-state index contributed by atoms with van der Waals surface area (Å²) in [5.74, 6) is 3.55. The second-order valence-corrected chi connectivity index (χ2v) is 16.5. The van der Waals surface area contributed by atoms with Gasteiger partial charge in [0, 0.05) is 25.3 Å². The zero-order valence-corrected chi connectivity index (χ0v) is 26.1. The molecule has 0 N–H and O–H groups in total. The third-order valence-electron chi connectivity index (χ3n) is 7.97. The number of hydrogen-bond acceptors (Lipinski definition) is 7. The Hall–Kier alpha value is -3.95. The monoisotopic (exact) mass is 577 g/mol. The SMILES string of the molecule is C#C[C@H]1C2=C([C@@H](C)[C@H](OC(C)=O)[C@@H]1OC(C)=O)[C@H](C#C)N(C(=O)OCC=C)c1ccc(O[Si](C)(C)C(C)(C)C)cc12. The summed E-state index contributed by atoms with van der Waals surface area (Å²) in [6.45, 7) is 18.7. The predicted octanol–water partition coefficient (Wildman–Crippen LogP) is 5.73. The maximum atomic E-state index is 13.5. The van der Waals surface area contributed by atoms with E-state index in [-0.39, 0.29) is 11.6 Å². The molecule has 1 heterocycles. The van der Waals surface area contributed by atoms with Crippen LogP contribution in [0.5, 0.6) is 5.75 Å². The lowest BCUT2D eigenvalue weighted by molar-refractivity contribution is -0.171. The van der Waals surface area contributed by atoms with E-state index in [0.717, 1.165) is 0 Å². The molecule has 0 saturated heterocycles. The average Bonchev–Trinajstić information content (AvgIpc) is 2.87. The quantitative estimate of drug-likeness (QED) is 0.140. The number of anilines is 1. The van der Waals surface area contributed by atoms with E-state index >= 15 is 0 Å². The minimum Gasteiger partial charge on any atom is -0.543 e. The number of ether oxygens (including phenoxy) is 3. The molecule has 0 spiro atoms. The minimum atomic E-state index is -2.25. The fraction of sp³-hybridized carbons (Fsp3) is 0.469. The zero-order valence-electron chi connectivity index (χ0n) is 25.1. The molecule has 1 aromatic carbocycles. The third kappa shape index (κ3) is 6.06. The number of terminal acetylenes is 2. The van der Waals surface area contributed by atoms with Crippen molar-refractivity contribution in [3.63, 3.8) is 0 Å². The molecule has 1 amide bonds. The summed E-state index contributed by atoms with van der Waals surface area (Å²) in [5.41, 5.74) is 2.33. The van der Waals surface area contributed by atoms with Crippen LogP contribution in [0.2, 0.25) is 18.1 Å². The lowest BCUT2D eigenvalue weighted by Crippen LogP contribution is -2.54. The van der Waals surface area contributed by atoms with Crippen LogP contribution in [-0.4, -0.2) is 51.2 Å². The molecule has 0 aromatic heterocycles. The summed E-state index contributed by atoms with van der Waals surface area (Å²) in [5, 5.41) is -0.0687. The molecular formula is C32H39NO7Si. The normalized spacial score (nSPS) is 23.7. The summed E-state index contributed by atoms with van der Waals surface area (Å²) in [6.07, 6.45) is 11.1. The molecule has 0 bridgehead atoms. The smallest absolute Gasteiger partial charge is 0.415 e. The van der Waals surface area contributed by atoms with E-state index in [1.54, 1.807) is 12.1 Å². The Balaban J connectivity index is 2.36. The molecule has 9 heteroatoms. The Morgan fingerprint density at radius 2 is 1.68 bits per heavy atom. The van der Waals surface area contributed by atoms with Crippen LogP contribution in [0.15, 0.2) is 36.4 Å². The summed E-state index contributed by atoms with van der Waals surface area (Å²) in [7, 11) is -2.25. The van der Waals surface area contributed by atoms with Gasteiger partial charge in [0.1, 0.15) is 24.5 Å². The molecule has 0 fully saturated rings. The van der Waals surface area contributed by atoms with E-state index in [2.05, 4.69) is 52.3 Å². The summed E-state index contributed by atoms with van der Waals surface area (Å²) in [4.78, 5) is 39.2. The van der Waals surface area contributed by atoms with Crippen LogP contribution >= 0.6 is 0 Å². The van der Waals surface area contributed by atoms with Crippen molar-refractivity contribution in [1.82, 2.24) is 0 Å². The highest BCUT2D eigenvalue weighted by atomic mass is 28.4. The van der Waals surface area contributed by atoms with Gasteiger partial charge >= 0.3 is 18.0 Å². The largest absolute Gasteiger partial charge is 0.543 e. The maximum Gasteiger partial charge on any atom is 0.415 e. The Kier molecular flexibility index (Phi) is 9.15. The van der Waals surface area contributed by atoms with Gasteiger partial charge in [0.15, 0.2) is 6.10 Å². The third-order valence-corrected chi connectivity index (χ3v) is 12.3. The van der Waals surface area contributed by atoms with E-state index < -0.39 is 56.4 Å². The molecule has 1 aliphatic heterocycles. The fourth-order valence-electron chi connectivity index (χ4n) is 5.12. The van der Waals surface area contributed by atoms with Crippen LogP contribution < -0.4 is 9.33 Å². The second-order valence-electron chi connectivity index (χ2n) is 11.8. The maximum absolute atomic E-state index is 13.5. The predicted molar refractivity (Wildman–Crippen MR) is 160 cm³/mol. The van der Waals surface area contributed by atoms with Crippen molar-refractivity contribution < 1.29 is 33.0 Å². The van der Waals surface area contributed by atoms with Gasteiger partial charge in [-0.05, 0) is 47.5 Å². The Morgan fingerprint density at radius 3 is 2.20 bits per heavy atom. The molecule has 3 rings (SSSR count). The number of esters is 2. The zero-order chi connectivity index (χ0) is 30.9. The molecule has 1 aliphatic carbocycles. The van der Waals surface area contributed by atoms with Crippen LogP contribution in [0.3, 0.4) is 0 Å². The lowest BCUT2D eigenvalue weighted by atomic mass is 9.67.